The number of nitrogens with one attached hydrogen (secondary N) is 1. The first-order valence-electron chi connectivity index (χ1n) is 13.3. The Labute approximate surface area is 230 Å². The summed E-state index contributed by atoms with van der Waals surface area (Å²) in [7, 11) is 4.12. The van der Waals surface area contributed by atoms with Gasteiger partial charge in [0.25, 0.3) is 0 Å². The van der Waals surface area contributed by atoms with Crippen LogP contribution in [0.15, 0.2) is 42.5 Å². The van der Waals surface area contributed by atoms with Crippen LogP contribution in [0.25, 0.3) is 32.8 Å². The lowest BCUT2D eigenvalue weighted by Gasteiger charge is -2.43. The van der Waals surface area contributed by atoms with Crippen molar-refractivity contribution in [1.29, 1.82) is 0 Å². The molecule has 4 aliphatic heterocycles. The Morgan fingerprint density at radius 1 is 1.08 bits per heavy atom. The summed E-state index contributed by atoms with van der Waals surface area (Å²) in [6.07, 6.45) is 0. The third-order valence-corrected chi connectivity index (χ3v) is 8.54. The van der Waals surface area contributed by atoms with Crippen molar-refractivity contribution in [2.45, 2.75) is 18.1 Å². The Hall–Kier alpha value is -3.24. The van der Waals surface area contributed by atoms with Gasteiger partial charge >= 0.3 is 0 Å². The van der Waals surface area contributed by atoms with Gasteiger partial charge in [0.1, 0.15) is 17.1 Å². The Balaban J connectivity index is 1.44. The summed E-state index contributed by atoms with van der Waals surface area (Å²) in [5, 5.41) is 16.4. The van der Waals surface area contributed by atoms with Crippen LogP contribution in [0.5, 0.6) is 5.75 Å². The Morgan fingerprint density at radius 2 is 1.90 bits per heavy atom. The fraction of sp³-hybridized carbons (Fsp3) is 0.379. The second kappa shape index (κ2) is 9.45. The molecule has 0 radical (unpaired) electrons. The van der Waals surface area contributed by atoms with E-state index < -0.39 is 5.82 Å². The summed E-state index contributed by atoms with van der Waals surface area (Å²) in [6, 6.07) is 13.2. The number of piperazine rings is 1. The van der Waals surface area contributed by atoms with Gasteiger partial charge in [-0.05, 0) is 48.6 Å². The third kappa shape index (κ3) is 4.15. The highest BCUT2D eigenvalue weighted by Crippen LogP contribution is 2.43. The van der Waals surface area contributed by atoms with E-state index in [9.17, 15) is 5.11 Å². The molecular weight excluding hydrogens is 519 g/mol. The third-order valence-electron chi connectivity index (χ3n) is 8.24. The molecule has 4 fully saturated rings. The molecule has 3 aromatic carbocycles. The molecule has 1 aromatic heterocycles. The molecule has 5 heterocycles. The molecule has 10 heteroatoms. The van der Waals surface area contributed by atoms with Crippen molar-refractivity contribution >= 4 is 45.0 Å². The van der Waals surface area contributed by atoms with Crippen molar-refractivity contribution < 1.29 is 14.2 Å². The molecule has 4 aromatic rings. The molecule has 4 aliphatic rings. The summed E-state index contributed by atoms with van der Waals surface area (Å²) < 4.78 is 22.6. The minimum atomic E-state index is -0.516. The van der Waals surface area contributed by atoms with Gasteiger partial charge in [0, 0.05) is 49.2 Å². The first-order valence-corrected chi connectivity index (χ1v) is 13.7. The van der Waals surface area contributed by atoms with E-state index in [1.165, 1.54) is 0 Å². The molecule has 0 aliphatic carbocycles. The van der Waals surface area contributed by atoms with E-state index in [0.29, 0.717) is 48.5 Å². The van der Waals surface area contributed by atoms with E-state index in [0.717, 1.165) is 30.4 Å². The van der Waals surface area contributed by atoms with Crippen molar-refractivity contribution in [2.75, 3.05) is 63.3 Å². The normalized spacial score (nSPS) is 21.7. The summed E-state index contributed by atoms with van der Waals surface area (Å²) in [5.74, 6) is 0.722. The number of aromatic hydroxyl groups is 1. The highest BCUT2D eigenvalue weighted by molar-refractivity contribution is 6.35. The van der Waals surface area contributed by atoms with Gasteiger partial charge in [-0.2, -0.15) is 4.98 Å². The first kappa shape index (κ1) is 24.8. The van der Waals surface area contributed by atoms with Gasteiger partial charge in [0.2, 0.25) is 5.95 Å². The summed E-state index contributed by atoms with van der Waals surface area (Å²) in [6.45, 7) is 4.21. The van der Waals surface area contributed by atoms with Gasteiger partial charge in [-0.15, -0.1) is 0 Å². The Kier molecular flexibility index (Phi) is 6.00. The topological polar surface area (TPSA) is 77.0 Å². The number of anilines is 2. The predicted octanol–water partition coefficient (Wildman–Crippen LogP) is 3.88. The van der Waals surface area contributed by atoms with Crippen LogP contribution in [0.3, 0.4) is 0 Å². The lowest BCUT2D eigenvalue weighted by Crippen LogP contribution is -2.58. The van der Waals surface area contributed by atoms with Crippen LogP contribution in [0, 0.1) is 5.82 Å². The molecule has 0 saturated carbocycles. The van der Waals surface area contributed by atoms with Gasteiger partial charge in [-0.25, -0.2) is 9.37 Å². The van der Waals surface area contributed by atoms with Gasteiger partial charge in [-0.3, -0.25) is 0 Å². The second-order valence-corrected chi connectivity index (χ2v) is 11.4. The van der Waals surface area contributed by atoms with Crippen LogP contribution >= 0.6 is 11.6 Å². The van der Waals surface area contributed by atoms with Crippen molar-refractivity contribution in [2.24, 2.45) is 0 Å². The number of phenolic OH excluding ortho intramolecular Hbond substituents is 1. The summed E-state index contributed by atoms with van der Waals surface area (Å²) in [5.41, 5.74) is 0.980. The van der Waals surface area contributed by atoms with Crippen molar-refractivity contribution in [3.05, 3.63) is 53.3 Å². The molecule has 39 heavy (non-hydrogen) atoms. The quantitative estimate of drug-likeness (QED) is 0.398. The number of phenols is 1. The van der Waals surface area contributed by atoms with Crippen LogP contribution in [-0.2, 0) is 4.74 Å². The summed E-state index contributed by atoms with van der Waals surface area (Å²) >= 11 is 6.86. The van der Waals surface area contributed by atoms with E-state index in [2.05, 4.69) is 34.1 Å². The Morgan fingerprint density at radius 3 is 2.72 bits per heavy atom. The van der Waals surface area contributed by atoms with Crippen molar-refractivity contribution in [3.63, 3.8) is 0 Å². The number of halogens is 2. The SMILES string of the molecule is CN(C)C1CN(c2nc(N3CC4COCC3CN4)c3cc(Cl)c(-c4cc(O)cc5ccccc45)c(F)c3n2)C1. The lowest BCUT2D eigenvalue weighted by atomic mass is 9.96. The van der Waals surface area contributed by atoms with Crippen LogP contribution in [-0.4, -0.2) is 91.6 Å². The molecule has 8 rings (SSSR count). The molecule has 0 spiro atoms. The van der Waals surface area contributed by atoms with E-state index >= 15 is 4.39 Å². The zero-order valence-corrected chi connectivity index (χ0v) is 22.6. The van der Waals surface area contributed by atoms with Gasteiger partial charge in [0.05, 0.1) is 24.3 Å². The summed E-state index contributed by atoms with van der Waals surface area (Å²) in [4.78, 5) is 16.3. The van der Waals surface area contributed by atoms with E-state index in [4.69, 9.17) is 26.3 Å². The highest BCUT2D eigenvalue weighted by atomic mass is 35.5. The first-order chi connectivity index (χ1) is 18.9. The average molecular weight is 549 g/mol. The number of nitrogens with zero attached hydrogens (tertiary/aromatic N) is 5. The number of aromatic nitrogens is 2. The molecule has 2 bridgehead atoms. The number of fused-ring (bicyclic) bond motifs is 6. The maximum Gasteiger partial charge on any atom is 0.228 e. The number of benzene rings is 3. The fourth-order valence-corrected chi connectivity index (χ4v) is 6.25. The number of hydrogen-bond acceptors (Lipinski definition) is 8. The number of rotatable bonds is 4. The molecule has 8 nitrogen and oxygen atoms in total. The zero-order chi connectivity index (χ0) is 26.8. The molecule has 202 valence electrons. The molecule has 0 amide bonds. The molecule has 2 unspecified atom stereocenters. The van der Waals surface area contributed by atoms with Crippen LogP contribution in [0.1, 0.15) is 0 Å². The maximum absolute atomic E-state index is 16.7. The van der Waals surface area contributed by atoms with Crippen LogP contribution < -0.4 is 15.1 Å². The predicted molar refractivity (Wildman–Crippen MR) is 153 cm³/mol. The van der Waals surface area contributed by atoms with Gasteiger partial charge in [-0.1, -0.05) is 35.9 Å². The van der Waals surface area contributed by atoms with Crippen LogP contribution in [0.2, 0.25) is 5.02 Å². The largest absolute Gasteiger partial charge is 0.508 e. The van der Waals surface area contributed by atoms with E-state index in [1.54, 1.807) is 18.2 Å². The van der Waals surface area contributed by atoms with E-state index in [-0.39, 0.29) is 33.9 Å². The molecule has 2 atom stereocenters. The second-order valence-electron chi connectivity index (χ2n) is 11.0. The Bertz CT molecular complexity index is 1590. The standard InChI is InChI=1S/C29H30ClFN6O2/c1-35(2)19-12-36(13-19)29-33-27-23(28(34-29)37-11-17-14-39-15-18(37)10-32-17)9-24(30)25(26(27)31)22-8-20(38)7-16-5-3-4-6-21(16)22/h3-9,17-19,32,38H,10-15H2,1-2H3. The fourth-order valence-electron chi connectivity index (χ4n) is 5.95. The van der Waals surface area contributed by atoms with Crippen molar-refractivity contribution in [1.82, 2.24) is 20.2 Å². The van der Waals surface area contributed by atoms with E-state index in [1.807, 2.05) is 24.3 Å². The average Bonchev–Trinajstić information content (AvgIpc) is 3.23. The minimum absolute atomic E-state index is 0.0479. The lowest BCUT2D eigenvalue weighted by molar-refractivity contribution is 0.139. The van der Waals surface area contributed by atoms with Gasteiger partial charge in [0.15, 0.2) is 5.82 Å². The number of ether oxygens (including phenoxy) is 1. The van der Waals surface area contributed by atoms with Crippen LogP contribution in [0.4, 0.5) is 16.2 Å². The number of hydrogen-bond donors (Lipinski definition) is 2. The molecule has 4 saturated heterocycles. The highest BCUT2D eigenvalue weighted by Gasteiger charge is 2.36. The molecular formula is C29H30ClFN6O2. The molecule has 2 N–H and O–H groups in total. The maximum atomic E-state index is 16.7. The smallest absolute Gasteiger partial charge is 0.228 e. The van der Waals surface area contributed by atoms with Crippen molar-refractivity contribution in [3.8, 4) is 16.9 Å². The van der Waals surface area contributed by atoms with Gasteiger partial charge < -0.3 is 29.9 Å². The minimum Gasteiger partial charge on any atom is -0.508 e. The zero-order valence-electron chi connectivity index (χ0n) is 21.9. The number of likely N-dealkylation sites (N-methyl/N-ethyl adjacent to an activating group) is 1. The monoisotopic (exact) mass is 548 g/mol.